The lowest BCUT2D eigenvalue weighted by Crippen LogP contribution is -2.39. The number of piperidine rings is 1. The van der Waals surface area contributed by atoms with Crippen molar-refractivity contribution in [3.8, 4) is 5.75 Å². The van der Waals surface area contributed by atoms with Crippen LogP contribution in [-0.2, 0) is 16.6 Å². The van der Waals surface area contributed by atoms with Crippen molar-refractivity contribution < 1.29 is 17.5 Å². The number of aromatic nitrogens is 3. The third-order valence-corrected chi connectivity index (χ3v) is 6.76. The Morgan fingerprint density at radius 1 is 1.33 bits per heavy atom. The van der Waals surface area contributed by atoms with Crippen LogP contribution in [0.2, 0.25) is 0 Å². The molecular weight excluding hydrogens is 393 g/mol. The van der Waals surface area contributed by atoms with Crippen LogP contribution in [0.15, 0.2) is 29.4 Å². The lowest BCUT2D eigenvalue weighted by atomic mass is 10.0. The fourth-order valence-corrected chi connectivity index (χ4v) is 4.78. The van der Waals surface area contributed by atoms with Crippen molar-refractivity contribution in [2.24, 2.45) is 5.92 Å². The second-order valence-corrected chi connectivity index (χ2v) is 9.42. The normalized spacial score (nSPS) is 18.5. The van der Waals surface area contributed by atoms with Crippen molar-refractivity contribution in [1.82, 2.24) is 19.2 Å². The molecule has 3 rings (SSSR count). The van der Waals surface area contributed by atoms with Crippen molar-refractivity contribution >= 4 is 21.8 Å². The molecule has 11 heteroatoms. The summed E-state index contributed by atoms with van der Waals surface area (Å²) in [6, 6.07) is 5.68. The second kappa shape index (κ2) is 8.44. The first kappa shape index (κ1) is 19.9. The first-order valence-corrected chi connectivity index (χ1v) is 11.3. The number of sulfonamides is 1. The summed E-state index contributed by atoms with van der Waals surface area (Å²) in [6.07, 6.45) is 3.06. The van der Waals surface area contributed by atoms with Crippen LogP contribution in [-0.4, -0.2) is 52.7 Å². The number of nitrogen functional groups attached to an aromatic ring is 1. The van der Waals surface area contributed by atoms with Gasteiger partial charge in [0.25, 0.3) is 0 Å². The molecule has 1 fully saturated rings. The van der Waals surface area contributed by atoms with Crippen LogP contribution in [0.1, 0.15) is 18.7 Å². The van der Waals surface area contributed by atoms with E-state index in [-0.39, 0.29) is 18.3 Å². The van der Waals surface area contributed by atoms with Crippen LogP contribution < -0.4 is 10.6 Å². The fraction of sp³-hybridized carbons (Fsp3) is 0.500. The van der Waals surface area contributed by atoms with Gasteiger partial charge in [0.1, 0.15) is 18.2 Å². The highest BCUT2D eigenvalue weighted by molar-refractivity contribution is 7.99. The lowest BCUT2D eigenvalue weighted by Gasteiger charge is -2.30. The molecular formula is C16H22FN5O3S2. The summed E-state index contributed by atoms with van der Waals surface area (Å²) in [5, 5.41) is 8.65. The van der Waals surface area contributed by atoms with Gasteiger partial charge < -0.3 is 10.6 Å². The van der Waals surface area contributed by atoms with E-state index in [2.05, 4.69) is 10.2 Å². The van der Waals surface area contributed by atoms with Gasteiger partial charge in [0.2, 0.25) is 15.2 Å². The lowest BCUT2D eigenvalue weighted by molar-refractivity contribution is 0.286. The number of ether oxygens (including phenoxy) is 1. The van der Waals surface area contributed by atoms with Crippen LogP contribution in [0, 0.1) is 11.7 Å². The summed E-state index contributed by atoms with van der Waals surface area (Å²) in [6.45, 7) is 1.21. The molecule has 1 aromatic carbocycles. The fourth-order valence-electron chi connectivity index (χ4n) is 2.84. The molecule has 27 heavy (non-hydrogen) atoms. The smallest absolute Gasteiger partial charge is 0.211 e. The molecule has 1 saturated heterocycles. The number of rotatable bonds is 7. The highest BCUT2D eigenvalue weighted by Gasteiger charge is 2.26. The minimum atomic E-state index is -3.16. The number of benzene rings is 1. The zero-order valence-electron chi connectivity index (χ0n) is 14.9. The number of nitrogens with two attached hydrogens (primary N) is 1. The van der Waals surface area contributed by atoms with Crippen LogP contribution in [0.25, 0.3) is 0 Å². The van der Waals surface area contributed by atoms with Crippen LogP contribution in [0.3, 0.4) is 0 Å². The molecule has 2 aromatic rings. The summed E-state index contributed by atoms with van der Waals surface area (Å²) in [5.41, 5.74) is 0. The van der Waals surface area contributed by atoms with E-state index >= 15 is 0 Å². The maximum Gasteiger partial charge on any atom is 0.211 e. The molecule has 0 unspecified atom stereocenters. The van der Waals surface area contributed by atoms with E-state index < -0.39 is 10.0 Å². The maximum atomic E-state index is 12.9. The maximum absolute atomic E-state index is 12.9. The van der Waals surface area contributed by atoms with Gasteiger partial charge in [-0.25, -0.2) is 21.8 Å². The Labute approximate surface area is 161 Å². The van der Waals surface area contributed by atoms with E-state index in [0.29, 0.717) is 35.6 Å². The summed E-state index contributed by atoms with van der Waals surface area (Å²) >= 11 is 1.45. The monoisotopic (exact) mass is 415 g/mol. The molecule has 1 aromatic heterocycles. The van der Waals surface area contributed by atoms with E-state index in [4.69, 9.17) is 10.6 Å². The summed E-state index contributed by atoms with van der Waals surface area (Å²) < 4.78 is 44.7. The molecule has 1 aliphatic rings. The first-order chi connectivity index (χ1) is 12.8. The van der Waals surface area contributed by atoms with Gasteiger partial charge in [-0.15, -0.1) is 10.2 Å². The number of halogens is 1. The van der Waals surface area contributed by atoms with Gasteiger partial charge >= 0.3 is 0 Å². The quantitative estimate of drug-likeness (QED) is 0.539. The molecule has 0 spiro atoms. The minimum absolute atomic E-state index is 0.112. The molecule has 0 bridgehead atoms. The predicted octanol–water partition coefficient (Wildman–Crippen LogP) is 1.47. The van der Waals surface area contributed by atoms with E-state index in [1.54, 1.807) is 0 Å². The molecule has 2 N–H and O–H groups in total. The Balaban J connectivity index is 1.53. The van der Waals surface area contributed by atoms with Gasteiger partial charge in [0.05, 0.1) is 6.26 Å². The highest BCUT2D eigenvalue weighted by Crippen LogP contribution is 2.25. The van der Waals surface area contributed by atoms with Gasteiger partial charge in [-0.3, -0.25) is 0 Å². The Kier molecular flexibility index (Phi) is 6.22. The molecule has 1 atom stereocenters. The van der Waals surface area contributed by atoms with Gasteiger partial charge in [-0.05, 0) is 43.0 Å². The number of hydrogen-bond donors (Lipinski definition) is 1. The molecule has 0 amide bonds. The summed E-state index contributed by atoms with van der Waals surface area (Å²) in [4.78, 5) is 0. The van der Waals surface area contributed by atoms with E-state index in [1.807, 2.05) is 0 Å². The van der Waals surface area contributed by atoms with Crippen molar-refractivity contribution in [3.05, 3.63) is 35.9 Å². The topological polar surface area (TPSA) is 103 Å². The zero-order valence-corrected chi connectivity index (χ0v) is 16.5. The van der Waals surface area contributed by atoms with Gasteiger partial charge in [-0.2, -0.15) is 0 Å². The van der Waals surface area contributed by atoms with Crippen molar-refractivity contribution in [3.63, 3.8) is 0 Å². The Hall–Kier alpha value is -1.85. The number of nitrogens with zero attached hydrogens (tertiary/aromatic N) is 4. The molecule has 0 radical (unpaired) electrons. The van der Waals surface area contributed by atoms with Crippen molar-refractivity contribution in [2.75, 3.05) is 30.9 Å². The van der Waals surface area contributed by atoms with Gasteiger partial charge in [-0.1, -0.05) is 11.8 Å². The molecule has 8 nitrogen and oxygen atoms in total. The standard InChI is InChI=1S/C16H22FN5O3S2/c1-27(23,24)21-8-2-3-12(9-21)11-26-16-20-19-15(22(16)18)10-25-14-6-4-13(17)5-7-14/h4-7,12H,2-3,8-11,18H2,1H3/t12-/m1/s1. The molecule has 0 aliphatic carbocycles. The average Bonchev–Trinajstić information content (AvgIpc) is 2.99. The molecule has 1 aliphatic heterocycles. The highest BCUT2D eigenvalue weighted by atomic mass is 32.2. The first-order valence-electron chi connectivity index (χ1n) is 8.48. The van der Waals surface area contributed by atoms with E-state index in [9.17, 15) is 12.8 Å². The Bertz CT molecular complexity index is 873. The summed E-state index contributed by atoms with van der Waals surface area (Å²) in [7, 11) is -3.16. The third kappa shape index (κ3) is 5.33. The number of hydrogen-bond acceptors (Lipinski definition) is 7. The van der Waals surface area contributed by atoms with Crippen LogP contribution >= 0.6 is 11.8 Å². The minimum Gasteiger partial charge on any atom is -0.486 e. The largest absolute Gasteiger partial charge is 0.486 e. The van der Waals surface area contributed by atoms with Crippen LogP contribution in [0.5, 0.6) is 5.75 Å². The van der Waals surface area contributed by atoms with Crippen molar-refractivity contribution in [2.45, 2.75) is 24.6 Å². The van der Waals surface area contributed by atoms with Gasteiger partial charge in [0, 0.05) is 18.8 Å². The molecule has 0 saturated carbocycles. The van der Waals surface area contributed by atoms with Crippen LogP contribution in [0.4, 0.5) is 4.39 Å². The SMILES string of the molecule is CS(=O)(=O)N1CCC[C@@H](CSc2nnc(COc3ccc(F)cc3)n2N)C1. The summed E-state index contributed by atoms with van der Waals surface area (Å²) in [5.74, 6) is 7.61. The van der Waals surface area contributed by atoms with Gasteiger partial charge in [0.15, 0.2) is 5.82 Å². The number of thioether (sulfide) groups is 1. The van der Waals surface area contributed by atoms with E-state index in [0.717, 1.165) is 12.8 Å². The molecule has 148 valence electrons. The third-order valence-electron chi connectivity index (χ3n) is 4.32. The molecule has 2 heterocycles. The Morgan fingerprint density at radius 3 is 2.78 bits per heavy atom. The van der Waals surface area contributed by atoms with E-state index in [1.165, 1.54) is 51.3 Å². The Morgan fingerprint density at radius 2 is 2.07 bits per heavy atom. The predicted molar refractivity (Wildman–Crippen MR) is 101 cm³/mol. The van der Waals surface area contributed by atoms with Crippen molar-refractivity contribution in [1.29, 1.82) is 0 Å². The zero-order chi connectivity index (χ0) is 19.4. The average molecular weight is 416 g/mol. The second-order valence-electron chi connectivity index (χ2n) is 6.45.